The first-order chi connectivity index (χ1) is 8.37. The minimum absolute atomic E-state index is 0.0594. The maximum atomic E-state index is 11.4. The van der Waals surface area contributed by atoms with Crippen LogP contribution < -0.4 is 5.32 Å². The van der Waals surface area contributed by atoms with Gasteiger partial charge in [-0.05, 0) is 13.3 Å². The number of alkyl carbamates (subject to hydrolysis) is 1. The Labute approximate surface area is 106 Å². The van der Waals surface area contributed by atoms with Crippen molar-refractivity contribution in [2.75, 3.05) is 37.9 Å². The number of carbonyl (C=O) groups excluding carboxylic acids is 1. The lowest BCUT2D eigenvalue weighted by molar-refractivity contribution is 0.0518. The van der Waals surface area contributed by atoms with E-state index in [9.17, 15) is 13.2 Å². The Morgan fingerprint density at radius 3 is 2.67 bits per heavy atom. The van der Waals surface area contributed by atoms with Crippen LogP contribution in [-0.2, 0) is 19.3 Å². The van der Waals surface area contributed by atoms with E-state index in [-0.39, 0.29) is 37.9 Å². The molecule has 106 valence electrons. The molecule has 0 unspecified atom stereocenters. The molecule has 1 fully saturated rings. The predicted octanol–water partition coefficient (Wildman–Crippen LogP) is -0.701. The van der Waals surface area contributed by atoms with Gasteiger partial charge in [-0.15, -0.1) is 0 Å². The van der Waals surface area contributed by atoms with Crippen molar-refractivity contribution >= 4 is 15.9 Å². The first kappa shape index (κ1) is 15.2. The molecule has 0 saturated carbocycles. The SMILES string of the molecule is C[C@@]1(NC(=O)OCCOCCO)CCS(=O)(=O)C1. The van der Waals surface area contributed by atoms with Gasteiger partial charge >= 0.3 is 6.09 Å². The Bertz CT molecular complexity index is 382. The average Bonchev–Trinajstić information content (AvgIpc) is 2.52. The van der Waals surface area contributed by atoms with Crippen molar-refractivity contribution in [1.29, 1.82) is 0 Å². The lowest BCUT2D eigenvalue weighted by Crippen LogP contribution is -2.47. The second kappa shape index (κ2) is 6.35. The van der Waals surface area contributed by atoms with Crippen LogP contribution in [0.2, 0.25) is 0 Å². The lowest BCUT2D eigenvalue weighted by atomic mass is 10.0. The summed E-state index contributed by atoms with van der Waals surface area (Å²) in [7, 11) is -3.05. The molecule has 1 atom stereocenters. The molecular formula is C10H19NO6S. The molecule has 2 N–H and O–H groups in total. The van der Waals surface area contributed by atoms with E-state index in [2.05, 4.69) is 5.32 Å². The molecule has 0 radical (unpaired) electrons. The van der Waals surface area contributed by atoms with Crippen molar-refractivity contribution in [3.05, 3.63) is 0 Å². The average molecular weight is 281 g/mol. The van der Waals surface area contributed by atoms with E-state index in [4.69, 9.17) is 14.6 Å². The molecule has 8 heteroatoms. The topological polar surface area (TPSA) is 102 Å². The minimum atomic E-state index is -3.05. The molecule has 1 amide bonds. The highest BCUT2D eigenvalue weighted by Crippen LogP contribution is 2.22. The van der Waals surface area contributed by atoms with Gasteiger partial charge in [-0.1, -0.05) is 0 Å². The van der Waals surface area contributed by atoms with Crippen LogP contribution in [0.15, 0.2) is 0 Å². The molecule has 1 aliphatic rings. The van der Waals surface area contributed by atoms with Gasteiger partial charge in [-0.3, -0.25) is 0 Å². The number of sulfone groups is 1. The van der Waals surface area contributed by atoms with E-state index in [1.807, 2.05) is 0 Å². The fourth-order valence-corrected chi connectivity index (χ4v) is 3.84. The van der Waals surface area contributed by atoms with Gasteiger partial charge in [0.15, 0.2) is 9.84 Å². The monoisotopic (exact) mass is 281 g/mol. The van der Waals surface area contributed by atoms with Crippen LogP contribution in [0.5, 0.6) is 0 Å². The first-order valence-electron chi connectivity index (χ1n) is 5.71. The molecule has 1 heterocycles. The zero-order valence-electron chi connectivity index (χ0n) is 10.3. The Kier molecular flexibility index (Phi) is 5.36. The molecular weight excluding hydrogens is 262 g/mol. The second-order valence-corrected chi connectivity index (χ2v) is 6.68. The molecule has 7 nitrogen and oxygen atoms in total. The Hall–Kier alpha value is -0.860. The summed E-state index contributed by atoms with van der Waals surface area (Å²) in [5, 5.41) is 11.0. The number of nitrogens with one attached hydrogen (secondary N) is 1. The molecule has 0 aromatic heterocycles. The number of hydrogen-bond acceptors (Lipinski definition) is 6. The normalized spacial score (nSPS) is 25.9. The first-order valence-corrected chi connectivity index (χ1v) is 7.53. The van der Waals surface area contributed by atoms with Gasteiger partial charge in [-0.25, -0.2) is 13.2 Å². The molecule has 18 heavy (non-hydrogen) atoms. The summed E-state index contributed by atoms with van der Waals surface area (Å²) in [5.74, 6) is 0.0273. The van der Waals surface area contributed by atoms with Gasteiger partial charge in [0.2, 0.25) is 0 Å². The van der Waals surface area contributed by atoms with E-state index in [0.29, 0.717) is 6.42 Å². The molecule has 0 spiro atoms. The number of aliphatic hydroxyl groups excluding tert-OH is 1. The highest BCUT2D eigenvalue weighted by Gasteiger charge is 2.39. The molecule has 0 aliphatic carbocycles. The van der Waals surface area contributed by atoms with Gasteiger partial charge in [0.05, 0.1) is 36.9 Å². The van der Waals surface area contributed by atoms with Crippen LogP contribution in [0, 0.1) is 0 Å². The third kappa shape index (κ3) is 5.19. The summed E-state index contributed by atoms with van der Waals surface area (Å²) < 4.78 is 32.4. The van der Waals surface area contributed by atoms with E-state index in [0.717, 1.165) is 0 Å². The fourth-order valence-electron chi connectivity index (χ4n) is 1.75. The van der Waals surface area contributed by atoms with Crippen LogP contribution in [-0.4, -0.2) is 63.1 Å². The molecule has 0 bridgehead atoms. The van der Waals surface area contributed by atoms with Crippen molar-refractivity contribution < 1.29 is 27.8 Å². The van der Waals surface area contributed by atoms with Gasteiger partial charge in [-0.2, -0.15) is 0 Å². The number of hydrogen-bond donors (Lipinski definition) is 2. The highest BCUT2D eigenvalue weighted by atomic mass is 32.2. The summed E-state index contributed by atoms with van der Waals surface area (Å²) in [6.07, 6.45) is -0.256. The van der Waals surface area contributed by atoms with Gasteiger partial charge < -0.3 is 19.9 Å². The van der Waals surface area contributed by atoms with Crippen molar-refractivity contribution in [3.63, 3.8) is 0 Å². The number of ether oxygens (including phenoxy) is 2. The second-order valence-electron chi connectivity index (χ2n) is 4.50. The number of amides is 1. The van der Waals surface area contributed by atoms with E-state index in [1.165, 1.54) is 0 Å². The van der Waals surface area contributed by atoms with E-state index in [1.54, 1.807) is 6.92 Å². The number of carbonyl (C=O) groups is 1. The predicted molar refractivity (Wildman–Crippen MR) is 64.1 cm³/mol. The minimum Gasteiger partial charge on any atom is -0.447 e. The molecule has 0 aromatic rings. The Balaban J connectivity index is 2.24. The molecule has 1 rings (SSSR count). The van der Waals surface area contributed by atoms with Crippen LogP contribution >= 0.6 is 0 Å². The lowest BCUT2D eigenvalue weighted by Gasteiger charge is -2.23. The van der Waals surface area contributed by atoms with E-state index < -0.39 is 21.5 Å². The summed E-state index contributed by atoms with van der Waals surface area (Å²) in [4.78, 5) is 11.4. The third-order valence-electron chi connectivity index (χ3n) is 2.60. The summed E-state index contributed by atoms with van der Waals surface area (Å²) in [6, 6.07) is 0. The molecule has 0 aromatic carbocycles. The number of rotatable bonds is 6. The maximum absolute atomic E-state index is 11.4. The zero-order chi connectivity index (χ0) is 13.6. The van der Waals surface area contributed by atoms with Crippen LogP contribution in [0.3, 0.4) is 0 Å². The van der Waals surface area contributed by atoms with Crippen LogP contribution in [0.25, 0.3) is 0 Å². The van der Waals surface area contributed by atoms with Crippen molar-refractivity contribution in [2.24, 2.45) is 0 Å². The summed E-state index contributed by atoms with van der Waals surface area (Å²) in [5.41, 5.74) is -0.748. The summed E-state index contributed by atoms with van der Waals surface area (Å²) in [6.45, 7) is 2.06. The Morgan fingerprint density at radius 2 is 2.11 bits per heavy atom. The zero-order valence-corrected chi connectivity index (χ0v) is 11.2. The van der Waals surface area contributed by atoms with E-state index >= 15 is 0 Å². The van der Waals surface area contributed by atoms with Gasteiger partial charge in [0.1, 0.15) is 6.61 Å². The van der Waals surface area contributed by atoms with Gasteiger partial charge in [0.25, 0.3) is 0 Å². The van der Waals surface area contributed by atoms with Crippen molar-refractivity contribution in [2.45, 2.75) is 18.9 Å². The smallest absolute Gasteiger partial charge is 0.407 e. The quantitative estimate of drug-likeness (QED) is 0.624. The fraction of sp³-hybridized carbons (Fsp3) is 0.900. The molecule has 1 saturated heterocycles. The van der Waals surface area contributed by atoms with Gasteiger partial charge in [0, 0.05) is 0 Å². The van der Waals surface area contributed by atoms with Crippen molar-refractivity contribution in [1.82, 2.24) is 5.32 Å². The van der Waals surface area contributed by atoms with Crippen LogP contribution in [0.1, 0.15) is 13.3 Å². The largest absolute Gasteiger partial charge is 0.447 e. The number of aliphatic hydroxyl groups is 1. The van der Waals surface area contributed by atoms with Crippen LogP contribution in [0.4, 0.5) is 4.79 Å². The molecule has 1 aliphatic heterocycles. The third-order valence-corrected chi connectivity index (χ3v) is 4.51. The van der Waals surface area contributed by atoms with Crippen molar-refractivity contribution in [3.8, 4) is 0 Å². The summed E-state index contributed by atoms with van der Waals surface area (Å²) >= 11 is 0. The maximum Gasteiger partial charge on any atom is 0.407 e. The Morgan fingerprint density at radius 1 is 1.39 bits per heavy atom. The highest BCUT2D eigenvalue weighted by molar-refractivity contribution is 7.91. The standard InChI is InChI=1S/C10H19NO6S/c1-10(2-7-18(14,15)8-10)11-9(13)17-6-5-16-4-3-12/h12H,2-8H2,1H3,(H,11,13)/t10-/m1/s1.